The third-order valence-electron chi connectivity index (χ3n) is 2.93. The number of ether oxygens (including phenoxy) is 1. The van der Waals surface area contributed by atoms with Crippen LogP contribution in [0, 0.1) is 6.92 Å². The molecule has 0 aliphatic heterocycles. The Labute approximate surface area is 108 Å². The van der Waals surface area contributed by atoms with E-state index >= 15 is 0 Å². The fourth-order valence-corrected chi connectivity index (χ4v) is 1.75. The number of carboxylic acid groups (broad SMARTS) is 1. The van der Waals surface area contributed by atoms with Crippen LogP contribution in [0.1, 0.15) is 29.8 Å². The Kier molecular flexibility index (Phi) is 5.65. The van der Waals surface area contributed by atoms with E-state index < -0.39 is 5.97 Å². The molecule has 0 bridgehead atoms. The molecule has 1 aromatic carbocycles. The van der Waals surface area contributed by atoms with Crippen molar-refractivity contribution in [3.05, 3.63) is 29.3 Å². The second-order valence-corrected chi connectivity index (χ2v) is 4.18. The van der Waals surface area contributed by atoms with Gasteiger partial charge in [0.25, 0.3) is 0 Å². The lowest BCUT2D eigenvalue weighted by Gasteiger charge is -2.18. The lowest BCUT2D eigenvalue weighted by atomic mass is 10.1. The first kappa shape index (κ1) is 14.5. The topological polar surface area (TPSA) is 49.8 Å². The molecule has 1 N–H and O–H groups in total. The van der Waals surface area contributed by atoms with Gasteiger partial charge in [0, 0.05) is 6.54 Å². The SMILES string of the molecule is CCN(CC)CCOc1cc(C)ccc1C(=O)O. The molecule has 0 saturated heterocycles. The Morgan fingerprint density at radius 3 is 2.56 bits per heavy atom. The van der Waals surface area contributed by atoms with E-state index in [9.17, 15) is 4.79 Å². The maximum absolute atomic E-state index is 11.1. The van der Waals surface area contributed by atoms with Gasteiger partial charge in [-0.15, -0.1) is 0 Å². The number of benzene rings is 1. The van der Waals surface area contributed by atoms with Crippen LogP contribution in [0.15, 0.2) is 18.2 Å². The van der Waals surface area contributed by atoms with Gasteiger partial charge in [-0.3, -0.25) is 0 Å². The lowest BCUT2D eigenvalue weighted by Crippen LogP contribution is -2.28. The molecule has 0 radical (unpaired) electrons. The van der Waals surface area contributed by atoms with Gasteiger partial charge in [0.15, 0.2) is 0 Å². The van der Waals surface area contributed by atoms with Gasteiger partial charge < -0.3 is 14.7 Å². The molecule has 1 rings (SSSR count). The zero-order chi connectivity index (χ0) is 13.5. The fourth-order valence-electron chi connectivity index (χ4n) is 1.75. The van der Waals surface area contributed by atoms with Crippen molar-refractivity contribution in [3.63, 3.8) is 0 Å². The number of carbonyl (C=O) groups is 1. The molecule has 0 amide bonds. The Balaban J connectivity index is 2.66. The number of likely N-dealkylation sites (N-methyl/N-ethyl adjacent to an activating group) is 1. The Hall–Kier alpha value is -1.55. The van der Waals surface area contributed by atoms with E-state index in [4.69, 9.17) is 9.84 Å². The summed E-state index contributed by atoms with van der Waals surface area (Å²) in [7, 11) is 0. The minimum Gasteiger partial charge on any atom is -0.491 e. The molecule has 100 valence electrons. The first-order chi connectivity index (χ1) is 8.58. The van der Waals surface area contributed by atoms with Gasteiger partial charge in [0.05, 0.1) is 0 Å². The number of carboxylic acids is 1. The minimum absolute atomic E-state index is 0.222. The third-order valence-corrected chi connectivity index (χ3v) is 2.93. The molecule has 18 heavy (non-hydrogen) atoms. The highest BCUT2D eigenvalue weighted by Gasteiger charge is 2.11. The summed E-state index contributed by atoms with van der Waals surface area (Å²) in [5.74, 6) is -0.498. The summed E-state index contributed by atoms with van der Waals surface area (Å²) < 4.78 is 5.59. The van der Waals surface area contributed by atoms with Crippen LogP contribution in [0.4, 0.5) is 0 Å². The average molecular weight is 251 g/mol. The van der Waals surface area contributed by atoms with Crippen molar-refractivity contribution in [2.45, 2.75) is 20.8 Å². The van der Waals surface area contributed by atoms with Gasteiger partial charge in [-0.2, -0.15) is 0 Å². The predicted octanol–water partition coefficient (Wildman–Crippen LogP) is 2.41. The molecule has 0 aliphatic rings. The smallest absolute Gasteiger partial charge is 0.339 e. The van der Waals surface area contributed by atoms with Crippen LogP contribution >= 0.6 is 0 Å². The molecule has 4 heteroatoms. The second-order valence-electron chi connectivity index (χ2n) is 4.18. The number of aromatic carboxylic acids is 1. The van der Waals surface area contributed by atoms with E-state index in [0.717, 1.165) is 25.2 Å². The summed E-state index contributed by atoms with van der Waals surface area (Å²) in [6.45, 7) is 9.37. The molecule has 0 aromatic heterocycles. The summed E-state index contributed by atoms with van der Waals surface area (Å²) in [5.41, 5.74) is 1.22. The molecule has 0 aliphatic carbocycles. The number of hydrogen-bond acceptors (Lipinski definition) is 3. The van der Waals surface area contributed by atoms with E-state index in [1.807, 2.05) is 6.92 Å². The lowest BCUT2D eigenvalue weighted by molar-refractivity contribution is 0.0691. The Morgan fingerprint density at radius 2 is 2.00 bits per heavy atom. The normalized spacial score (nSPS) is 10.7. The molecule has 0 saturated carbocycles. The van der Waals surface area contributed by atoms with Crippen LogP contribution in [0.5, 0.6) is 5.75 Å². The number of rotatable bonds is 7. The van der Waals surface area contributed by atoms with E-state index in [0.29, 0.717) is 12.4 Å². The molecule has 0 heterocycles. The van der Waals surface area contributed by atoms with Crippen molar-refractivity contribution in [1.29, 1.82) is 0 Å². The zero-order valence-electron chi connectivity index (χ0n) is 11.3. The largest absolute Gasteiger partial charge is 0.491 e. The van der Waals surface area contributed by atoms with Crippen LogP contribution in [-0.4, -0.2) is 42.2 Å². The van der Waals surface area contributed by atoms with Crippen LogP contribution in [0.2, 0.25) is 0 Å². The van der Waals surface area contributed by atoms with Crippen molar-refractivity contribution in [2.24, 2.45) is 0 Å². The Bertz CT molecular complexity index is 400. The molecular formula is C14H21NO3. The molecule has 0 fully saturated rings. The van der Waals surface area contributed by atoms with E-state index in [1.54, 1.807) is 18.2 Å². The van der Waals surface area contributed by atoms with Gasteiger partial charge in [-0.05, 0) is 37.7 Å². The number of hydrogen-bond donors (Lipinski definition) is 1. The summed E-state index contributed by atoms with van der Waals surface area (Å²) in [6.07, 6.45) is 0. The molecule has 0 atom stereocenters. The highest BCUT2D eigenvalue weighted by atomic mass is 16.5. The summed E-state index contributed by atoms with van der Waals surface area (Å²) >= 11 is 0. The summed E-state index contributed by atoms with van der Waals surface area (Å²) in [5, 5.41) is 9.07. The molecule has 4 nitrogen and oxygen atoms in total. The van der Waals surface area contributed by atoms with Crippen molar-refractivity contribution >= 4 is 5.97 Å². The molecule has 1 aromatic rings. The predicted molar refractivity (Wildman–Crippen MR) is 71.4 cm³/mol. The van der Waals surface area contributed by atoms with Crippen LogP contribution in [0.25, 0.3) is 0 Å². The van der Waals surface area contributed by atoms with Gasteiger partial charge in [0.2, 0.25) is 0 Å². The monoisotopic (exact) mass is 251 g/mol. The Morgan fingerprint density at radius 1 is 1.33 bits per heavy atom. The summed E-state index contributed by atoms with van der Waals surface area (Å²) in [6, 6.07) is 5.14. The first-order valence-electron chi connectivity index (χ1n) is 6.27. The number of nitrogens with zero attached hydrogens (tertiary/aromatic N) is 1. The van der Waals surface area contributed by atoms with Gasteiger partial charge in [-0.25, -0.2) is 4.79 Å². The van der Waals surface area contributed by atoms with Gasteiger partial charge in [0.1, 0.15) is 17.9 Å². The first-order valence-corrected chi connectivity index (χ1v) is 6.27. The van der Waals surface area contributed by atoms with Crippen LogP contribution < -0.4 is 4.74 Å². The molecule has 0 unspecified atom stereocenters. The van der Waals surface area contributed by atoms with Crippen molar-refractivity contribution < 1.29 is 14.6 Å². The highest BCUT2D eigenvalue weighted by Crippen LogP contribution is 2.20. The van der Waals surface area contributed by atoms with Crippen molar-refractivity contribution in [3.8, 4) is 5.75 Å². The van der Waals surface area contributed by atoms with E-state index in [2.05, 4.69) is 18.7 Å². The minimum atomic E-state index is -0.951. The van der Waals surface area contributed by atoms with Crippen molar-refractivity contribution in [1.82, 2.24) is 4.90 Å². The second kappa shape index (κ2) is 7.01. The quantitative estimate of drug-likeness (QED) is 0.808. The fraction of sp³-hybridized carbons (Fsp3) is 0.500. The van der Waals surface area contributed by atoms with Crippen LogP contribution in [0.3, 0.4) is 0 Å². The van der Waals surface area contributed by atoms with E-state index in [-0.39, 0.29) is 5.56 Å². The van der Waals surface area contributed by atoms with Gasteiger partial charge >= 0.3 is 5.97 Å². The highest BCUT2D eigenvalue weighted by molar-refractivity contribution is 5.90. The third kappa shape index (κ3) is 4.04. The molecule has 0 spiro atoms. The number of aryl methyl sites for hydroxylation is 1. The van der Waals surface area contributed by atoms with Gasteiger partial charge in [-0.1, -0.05) is 19.9 Å². The van der Waals surface area contributed by atoms with Crippen LogP contribution in [-0.2, 0) is 0 Å². The zero-order valence-corrected chi connectivity index (χ0v) is 11.3. The molecular weight excluding hydrogens is 230 g/mol. The maximum atomic E-state index is 11.1. The summed E-state index contributed by atoms with van der Waals surface area (Å²) in [4.78, 5) is 13.3. The van der Waals surface area contributed by atoms with E-state index in [1.165, 1.54) is 0 Å². The maximum Gasteiger partial charge on any atom is 0.339 e. The van der Waals surface area contributed by atoms with Crippen molar-refractivity contribution in [2.75, 3.05) is 26.2 Å². The average Bonchev–Trinajstić information content (AvgIpc) is 2.34. The standard InChI is InChI=1S/C14H21NO3/c1-4-15(5-2)8-9-18-13-10-11(3)6-7-12(13)14(16)17/h6-7,10H,4-5,8-9H2,1-3H3,(H,16,17).